The van der Waals surface area contributed by atoms with E-state index in [9.17, 15) is 9.59 Å². The lowest BCUT2D eigenvalue weighted by molar-refractivity contribution is -0.111. The van der Waals surface area contributed by atoms with E-state index in [0.717, 1.165) is 27.8 Å². The number of carbonyl (C=O) groups is 2. The highest BCUT2D eigenvalue weighted by Gasteiger charge is 2.29. The number of anilines is 1. The first-order valence-electron chi connectivity index (χ1n) is 10.9. The molecule has 2 aromatic heterocycles. The average molecular weight is 473 g/mol. The molecule has 2 amide bonds. The number of nitrogens with one attached hydrogen (secondary N) is 2. The molecule has 11 nitrogen and oxygen atoms in total. The molecular weight excluding hydrogens is 448 g/mol. The van der Waals surface area contributed by atoms with Gasteiger partial charge >= 0.3 is 6.09 Å². The summed E-state index contributed by atoms with van der Waals surface area (Å²) in [5.41, 5.74) is 12.7. The second-order valence-corrected chi connectivity index (χ2v) is 8.63. The number of H-pyrrole nitrogens is 1. The highest BCUT2D eigenvalue weighted by Crippen LogP contribution is 2.28. The lowest BCUT2D eigenvalue weighted by Crippen LogP contribution is -2.37. The Morgan fingerprint density at radius 3 is 2.89 bits per heavy atom. The zero-order valence-electron chi connectivity index (χ0n) is 19.3. The van der Waals surface area contributed by atoms with Crippen LogP contribution in [0.25, 0.3) is 27.6 Å². The van der Waals surface area contributed by atoms with Crippen LogP contribution in [-0.2, 0) is 22.6 Å². The fraction of sp³-hybridized carbons (Fsp3) is 0.250. The van der Waals surface area contributed by atoms with Gasteiger partial charge in [-0.15, -0.1) is 0 Å². The van der Waals surface area contributed by atoms with Gasteiger partial charge in [-0.05, 0) is 60.3 Å². The summed E-state index contributed by atoms with van der Waals surface area (Å²) in [6, 6.07) is 7.38. The van der Waals surface area contributed by atoms with Gasteiger partial charge in [-0.2, -0.15) is 5.10 Å². The summed E-state index contributed by atoms with van der Waals surface area (Å²) < 4.78 is 5.49. The Morgan fingerprint density at radius 1 is 1.29 bits per heavy atom. The predicted molar refractivity (Wildman–Crippen MR) is 130 cm³/mol. The predicted octanol–water partition coefficient (Wildman–Crippen LogP) is 4.66. The van der Waals surface area contributed by atoms with Gasteiger partial charge in [0, 0.05) is 59.5 Å². The first-order chi connectivity index (χ1) is 16.8. The number of aromatic amines is 1. The summed E-state index contributed by atoms with van der Waals surface area (Å²) in [6.45, 7) is 4.18. The minimum absolute atomic E-state index is 0.0440. The van der Waals surface area contributed by atoms with E-state index in [2.05, 4.69) is 30.5 Å². The molecule has 0 bridgehead atoms. The first kappa shape index (κ1) is 23.5. The molecule has 1 aromatic carbocycles. The first-order valence-corrected chi connectivity index (χ1v) is 10.9. The Kier molecular flexibility index (Phi) is 6.79. The van der Waals surface area contributed by atoms with Crippen molar-refractivity contribution in [2.75, 3.05) is 11.9 Å². The van der Waals surface area contributed by atoms with Gasteiger partial charge in [0.05, 0.1) is 12.7 Å². The van der Waals surface area contributed by atoms with Crippen LogP contribution in [0, 0.1) is 0 Å². The number of rotatable bonds is 7. The molecule has 1 aliphatic heterocycles. The Morgan fingerprint density at radius 2 is 2.11 bits per heavy atom. The molecule has 0 unspecified atom stereocenters. The number of amides is 2. The quantitative estimate of drug-likeness (QED) is 0.222. The summed E-state index contributed by atoms with van der Waals surface area (Å²) in [4.78, 5) is 33.5. The number of benzene rings is 1. The number of carbonyl (C=O) groups excluding carboxylic acids is 2. The van der Waals surface area contributed by atoms with Crippen LogP contribution in [0.4, 0.5) is 10.5 Å². The maximum atomic E-state index is 12.6. The van der Waals surface area contributed by atoms with E-state index in [-0.39, 0.29) is 12.5 Å². The number of hydrogen-bond acceptors (Lipinski definition) is 6. The van der Waals surface area contributed by atoms with Gasteiger partial charge in [-0.3, -0.25) is 19.8 Å². The van der Waals surface area contributed by atoms with Gasteiger partial charge in [-0.25, -0.2) is 4.79 Å². The highest BCUT2D eigenvalue weighted by molar-refractivity contribution is 6.02. The minimum Gasteiger partial charge on any atom is -0.443 e. The molecule has 0 fully saturated rings. The smallest absolute Gasteiger partial charge is 0.410 e. The molecule has 35 heavy (non-hydrogen) atoms. The molecule has 0 radical (unpaired) electrons. The Balaban J connectivity index is 1.38. The number of nitrogens with zero attached hydrogens (tertiary/aromatic N) is 6. The number of azide groups is 1. The largest absolute Gasteiger partial charge is 0.443 e. The molecule has 2 N–H and O–H groups in total. The maximum absolute atomic E-state index is 12.6. The highest BCUT2D eigenvalue weighted by atomic mass is 16.6. The van der Waals surface area contributed by atoms with Gasteiger partial charge in [0.2, 0.25) is 5.91 Å². The van der Waals surface area contributed by atoms with Crippen LogP contribution in [-0.4, -0.2) is 44.2 Å². The van der Waals surface area contributed by atoms with Crippen molar-refractivity contribution < 1.29 is 14.3 Å². The summed E-state index contributed by atoms with van der Waals surface area (Å²) in [7, 11) is 0. The molecule has 3 aromatic rings. The normalized spacial score (nSPS) is 12.8. The molecule has 0 spiro atoms. The Labute approximate surface area is 201 Å². The number of hydrogen-bond donors (Lipinski definition) is 2. The minimum atomic E-state index is -0.907. The van der Waals surface area contributed by atoms with Gasteiger partial charge in [0.25, 0.3) is 0 Å². The van der Waals surface area contributed by atoms with Gasteiger partial charge in [-0.1, -0.05) is 11.2 Å². The summed E-state index contributed by atoms with van der Waals surface area (Å²) in [5.74, 6) is -0.291. The van der Waals surface area contributed by atoms with E-state index in [4.69, 9.17) is 10.3 Å². The van der Waals surface area contributed by atoms with Gasteiger partial charge < -0.3 is 10.1 Å². The van der Waals surface area contributed by atoms with Crippen molar-refractivity contribution in [1.82, 2.24) is 20.1 Å². The van der Waals surface area contributed by atoms with Crippen molar-refractivity contribution in [3.05, 3.63) is 82.3 Å². The summed E-state index contributed by atoms with van der Waals surface area (Å²) in [6.07, 6.45) is 9.51. The number of fused-ring (bicyclic) bond motifs is 1. The standard InChI is InChI=1S/C24H24N8O3/c1-24(2,15-29-31-25)35-23(34)32-13-17-3-5-20(9-18(17)14-32)30-22(33)6-4-16-10-26-8-7-21(16)19-11-27-28-12-19/h3-12H,13-15H2,1-2H3,(H,27,28)(H,30,33)/b6-4+. The lowest BCUT2D eigenvalue weighted by Gasteiger charge is -2.26. The third kappa shape index (κ3) is 5.84. The van der Waals surface area contributed by atoms with Crippen molar-refractivity contribution in [3.63, 3.8) is 0 Å². The van der Waals surface area contributed by atoms with Crippen molar-refractivity contribution >= 4 is 23.8 Å². The van der Waals surface area contributed by atoms with E-state index >= 15 is 0 Å². The zero-order chi connectivity index (χ0) is 24.8. The van der Waals surface area contributed by atoms with E-state index < -0.39 is 11.7 Å². The summed E-state index contributed by atoms with van der Waals surface area (Å²) >= 11 is 0. The molecule has 4 rings (SSSR count). The molecule has 0 saturated carbocycles. The molecule has 1 aliphatic rings. The number of aromatic nitrogens is 3. The van der Waals surface area contributed by atoms with Crippen molar-refractivity contribution in [3.8, 4) is 11.1 Å². The fourth-order valence-corrected chi connectivity index (χ4v) is 3.69. The van der Waals surface area contributed by atoms with Crippen molar-refractivity contribution in [2.45, 2.75) is 32.5 Å². The molecule has 0 atom stereocenters. The van der Waals surface area contributed by atoms with Crippen molar-refractivity contribution in [2.24, 2.45) is 5.11 Å². The van der Waals surface area contributed by atoms with Crippen LogP contribution in [0.2, 0.25) is 0 Å². The average Bonchev–Trinajstić information content (AvgIpc) is 3.51. The number of pyridine rings is 1. The maximum Gasteiger partial charge on any atom is 0.410 e. The van der Waals surface area contributed by atoms with E-state index in [1.54, 1.807) is 55.7 Å². The third-order valence-electron chi connectivity index (χ3n) is 5.41. The Hall–Kier alpha value is -4.63. The number of ether oxygens (including phenoxy) is 1. The van der Waals surface area contributed by atoms with Crippen LogP contribution in [0.1, 0.15) is 30.5 Å². The fourth-order valence-electron chi connectivity index (χ4n) is 3.69. The SMILES string of the molecule is CC(C)(CN=[N+]=[N-])OC(=O)N1Cc2ccc(NC(=O)/C=C/c3cnccc3-c3cn[nH]c3)cc2C1. The lowest BCUT2D eigenvalue weighted by atomic mass is 10.0. The Bertz CT molecular complexity index is 1310. The van der Waals surface area contributed by atoms with Crippen LogP contribution in [0.3, 0.4) is 0 Å². The molecule has 3 heterocycles. The second-order valence-electron chi connectivity index (χ2n) is 8.63. The van der Waals surface area contributed by atoms with Crippen LogP contribution in [0.5, 0.6) is 0 Å². The zero-order valence-corrected chi connectivity index (χ0v) is 19.3. The van der Waals surface area contributed by atoms with E-state index in [0.29, 0.717) is 18.8 Å². The van der Waals surface area contributed by atoms with Crippen LogP contribution in [0.15, 0.2) is 60.2 Å². The second kappa shape index (κ2) is 10.1. The molecule has 0 aliphatic carbocycles. The van der Waals surface area contributed by atoms with E-state index in [1.165, 1.54) is 6.08 Å². The van der Waals surface area contributed by atoms with Crippen molar-refractivity contribution in [1.29, 1.82) is 0 Å². The third-order valence-corrected chi connectivity index (χ3v) is 5.41. The van der Waals surface area contributed by atoms with Crippen LogP contribution >= 0.6 is 0 Å². The summed E-state index contributed by atoms with van der Waals surface area (Å²) in [5, 5.41) is 13.1. The monoisotopic (exact) mass is 472 g/mol. The molecule has 0 saturated heterocycles. The van der Waals surface area contributed by atoms with Crippen LogP contribution < -0.4 is 5.32 Å². The van der Waals surface area contributed by atoms with Gasteiger partial charge in [0.15, 0.2) is 0 Å². The van der Waals surface area contributed by atoms with Gasteiger partial charge in [0.1, 0.15) is 5.60 Å². The molecular formula is C24H24N8O3. The topological polar surface area (TPSA) is 149 Å². The molecule has 11 heteroatoms. The van der Waals surface area contributed by atoms with E-state index in [1.807, 2.05) is 18.2 Å². The molecule has 178 valence electrons.